The van der Waals surface area contributed by atoms with Crippen LogP contribution in [0.25, 0.3) is 0 Å². The van der Waals surface area contributed by atoms with Crippen LogP contribution in [0.1, 0.15) is 15.9 Å². The van der Waals surface area contributed by atoms with Gasteiger partial charge in [0.1, 0.15) is 23.6 Å². The van der Waals surface area contributed by atoms with Gasteiger partial charge in [0.05, 0.1) is 4.92 Å². The minimum atomic E-state index is -0.655. The highest BCUT2D eigenvalue weighted by molar-refractivity contribution is 5.79. The van der Waals surface area contributed by atoms with E-state index in [1.54, 1.807) is 0 Å². The molecule has 0 amide bonds. The van der Waals surface area contributed by atoms with Crippen LogP contribution in [-0.2, 0) is 6.54 Å². The first-order valence-electron chi connectivity index (χ1n) is 5.92. The van der Waals surface area contributed by atoms with E-state index in [0.29, 0.717) is 6.29 Å². The number of halogens is 2. The summed E-state index contributed by atoms with van der Waals surface area (Å²) >= 11 is 0. The molecule has 0 aliphatic rings. The van der Waals surface area contributed by atoms with E-state index in [4.69, 9.17) is 0 Å². The number of nitro benzene ring substituents is 1. The minimum Gasteiger partial charge on any atom is -0.375 e. The van der Waals surface area contributed by atoms with Gasteiger partial charge < -0.3 is 5.32 Å². The average molecular weight is 292 g/mol. The summed E-state index contributed by atoms with van der Waals surface area (Å²) in [5, 5.41) is 13.6. The van der Waals surface area contributed by atoms with Gasteiger partial charge in [-0.05, 0) is 30.3 Å². The van der Waals surface area contributed by atoms with Gasteiger partial charge in [-0.1, -0.05) is 0 Å². The van der Waals surface area contributed by atoms with Gasteiger partial charge >= 0.3 is 0 Å². The number of nitro groups is 1. The molecular weight excluding hydrogens is 282 g/mol. The molecule has 2 aromatic rings. The number of hydrogen-bond acceptors (Lipinski definition) is 4. The molecular formula is C14H10F2N2O3. The highest BCUT2D eigenvalue weighted by atomic mass is 19.1. The Bertz CT molecular complexity index is 705. The van der Waals surface area contributed by atoms with Crippen LogP contribution in [0.3, 0.4) is 0 Å². The molecule has 0 atom stereocenters. The molecule has 108 valence electrons. The molecule has 0 aliphatic heterocycles. The van der Waals surface area contributed by atoms with Crippen LogP contribution < -0.4 is 5.32 Å². The molecule has 5 nitrogen and oxygen atoms in total. The number of carbonyl (C=O) groups excluding carboxylic acids is 1. The molecule has 0 unspecified atom stereocenters. The van der Waals surface area contributed by atoms with Gasteiger partial charge in [-0.2, -0.15) is 0 Å². The fourth-order valence-electron chi connectivity index (χ4n) is 1.79. The SMILES string of the molecule is O=Cc1ccc(NCc2cc(F)ccc2F)c([N+](=O)[O-])c1. The van der Waals surface area contributed by atoms with Crippen molar-refractivity contribution in [2.45, 2.75) is 6.54 Å². The van der Waals surface area contributed by atoms with Crippen molar-refractivity contribution in [2.75, 3.05) is 5.32 Å². The standard InChI is InChI=1S/C14H10F2N2O3/c15-11-2-3-12(16)10(6-11)7-17-13-4-1-9(8-19)5-14(13)18(20)21/h1-6,8,17H,7H2. The predicted octanol–water partition coefficient (Wildman–Crippen LogP) is 3.30. The maximum Gasteiger partial charge on any atom is 0.293 e. The number of nitrogens with one attached hydrogen (secondary N) is 1. The summed E-state index contributed by atoms with van der Waals surface area (Å²) in [5.74, 6) is -1.21. The van der Waals surface area contributed by atoms with Crippen molar-refractivity contribution in [1.29, 1.82) is 0 Å². The smallest absolute Gasteiger partial charge is 0.293 e. The van der Waals surface area contributed by atoms with E-state index < -0.39 is 16.6 Å². The second-order valence-electron chi connectivity index (χ2n) is 4.24. The monoisotopic (exact) mass is 292 g/mol. The van der Waals surface area contributed by atoms with Gasteiger partial charge in [0.25, 0.3) is 5.69 Å². The number of aldehydes is 1. The summed E-state index contributed by atoms with van der Waals surface area (Å²) in [6.07, 6.45) is 0.489. The van der Waals surface area contributed by atoms with E-state index in [9.17, 15) is 23.7 Å². The number of anilines is 1. The van der Waals surface area contributed by atoms with Crippen molar-refractivity contribution >= 4 is 17.7 Å². The number of rotatable bonds is 5. The maximum atomic E-state index is 13.5. The minimum absolute atomic E-state index is 0.0451. The molecule has 0 bridgehead atoms. The third kappa shape index (κ3) is 3.38. The topological polar surface area (TPSA) is 72.2 Å². The zero-order chi connectivity index (χ0) is 15.4. The lowest BCUT2D eigenvalue weighted by Gasteiger charge is -2.08. The van der Waals surface area contributed by atoms with Crippen molar-refractivity contribution in [1.82, 2.24) is 0 Å². The van der Waals surface area contributed by atoms with E-state index >= 15 is 0 Å². The lowest BCUT2D eigenvalue weighted by atomic mass is 10.1. The zero-order valence-electron chi connectivity index (χ0n) is 10.7. The summed E-state index contributed by atoms with van der Waals surface area (Å²) in [5.41, 5.74) is 0.0126. The molecule has 2 aromatic carbocycles. The molecule has 0 radical (unpaired) electrons. The Morgan fingerprint density at radius 3 is 2.62 bits per heavy atom. The van der Waals surface area contributed by atoms with Crippen LogP contribution in [0, 0.1) is 21.7 Å². The highest BCUT2D eigenvalue weighted by Crippen LogP contribution is 2.26. The second kappa shape index (κ2) is 6.08. The Kier molecular flexibility index (Phi) is 4.22. The molecule has 1 N–H and O–H groups in total. The van der Waals surface area contributed by atoms with Crippen LogP contribution >= 0.6 is 0 Å². The predicted molar refractivity (Wildman–Crippen MR) is 72.2 cm³/mol. The first-order chi connectivity index (χ1) is 10.0. The van der Waals surface area contributed by atoms with Crippen LogP contribution in [0.15, 0.2) is 36.4 Å². The maximum absolute atomic E-state index is 13.5. The molecule has 0 aliphatic carbocycles. The summed E-state index contributed by atoms with van der Waals surface area (Å²) in [4.78, 5) is 20.9. The Hall–Kier alpha value is -2.83. The van der Waals surface area contributed by atoms with Crippen LogP contribution in [0.2, 0.25) is 0 Å². The molecule has 0 saturated heterocycles. The van der Waals surface area contributed by atoms with Gasteiger partial charge in [0.2, 0.25) is 0 Å². The summed E-state index contributed by atoms with van der Waals surface area (Å²) in [7, 11) is 0. The van der Waals surface area contributed by atoms with Gasteiger partial charge in [-0.25, -0.2) is 8.78 Å². The molecule has 0 saturated carbocycles. The molecule has 2 rings (SSSR count). The number of carbonyl (C=O) groups is 1. The molecule has 0 heterocycles. The van der Waals surface area contributed by atoms with E-state index in [1.807, 2.05) is 0 Å². The molecule has 0 aromatic heterocycles. The zero-order valence-corrected chi connectivity index (χ0v) is 10.7. The summed E-state index contributed by atoms with van der Waals surface area (Å²) in [6.45, 7) is -0.120. The van der Waals surface area contributed by atoms with Crippen molar-refractivity contribution < 1.29 is 18.5 Å². The number of nitrogens with zero attached hydrogens (tertiary/aromatic N) is 1. The first-order valence-corrected chi connectivity index (χ1v) is 5.92. The Balaban J connectivity index is 2.25. The largest absolute Gasteiger partial charge is 0.375 e. The second-order valence-corrected chi connectivity index (χ2v) is 4.24. The van der Waals surface area contributed by atoms with Gasteiger partial charge in [0.15, 0.2) is 0 Å². The summed E-state index contributed by atoms with van der Waals surface area (Å²) < 4.78 is 26.5. The van der Waals surface area contributed by atoms with Crippen molar-refractivity contribution in [3.05, 3.63) is 69.3 Å². The fraction of sp³-hybridized carbons (Fsp3) is 0.0714. The quantitative estimate of drug-likeness (QED) is 0.521. The number of benzene rings is 2. The Labute approximate surface area is 118 Å². The van der Waals surface area contributed by atoms with Crippen molar-refractivity contribution in [2.24, 2.45) is 0 Å². The van der Waals surface area contributed by atoms with Crippen LogP contribution in [0.4, 0.5) is 20.2 Å². The summed E-state index contributed by atoms with van der Waals surface area (Å²) in [6, 6.07) is 6.82. The third-order valence-corrected chi connectivity index (χ3v) is 2.83. The van der Waals surface area contributed by atoms with Gasteiger partial charge in [0, 0.05) is 23.7 Å². The first kappa shape index (κ1) is 14.6. The van der Waals surface area contributed by atoms with E-state index in [2.05, 4.69) is 5.32 Å². The van der Waals surface area contributed by atoms with Crippen molar-refractivity contribution in [3.63, 3.8) is 0 Å². The molecule has 7 heteroatoms. The third-order valence-electron chi connectivity index (χ3n) is 2.83. The fourth-order valence-corrected chi connectivity index (χ4v) is 1.79. The molecule has 0 fully saturated rings. The highest BCUT2D eigenvalue weighted by Gasteiger charge is 2.15. The van der Waals surface area contributed by atoms with Crippen LogP contribution in [0.5, 0.6) is 0 Å². The van der Waals surface area contributed by atoms with E-state index in [0.717, 1.165) is 24.3 Å². The van der Waals surface area contributed by atoms with Gasteiger partial charge in [-0.15, -0.1) is 0 Å². The Morgan fingerprint density at radius 1 is 1.19 bits per heavy atom. The molecule has 21 heavy (non-hydrogen) atoms. The van der Waals surface area contributed by atoms with Crippen molar-refractivity contribution in [3.8, 4) is 0 Å². The Morgan fingerprint density at radius 2 is 1.95 bits per heavy atom. The normalized spacial score (nSPS) is 10.2. The average Bonchev–Trinajstić information content (AvgIpc) is 2.48. The van der Waals surface area contributed by atoms with E-state index in [-0.39, 0.29) is 29.0 Å². The molecule has 0 spiro atoms. The lowest BCUT2D eigenvalue weighted by molar-refractivity contribution is -0.384. The number of hydrogen-bond donors (Lipinski definition) is 1. The lowest BCUT2D eigenvalue weighted by Crippen LogP contribution is -2.05. The van der Waals surface area contributed by atoms with Crippen LogP contribution in [-0.4, -0.2) is 11.2 Å². The van der Waals surface area contributed by atoms with Gasteiger partial charge in [-0.3, -0.25) is 14.9 Å². The van der Waals surface area contributed by atoms with E-state index in [1.165, 1.54) is 12.1 Å².